The Morgan fingerprint density at radius 1 is 1.16 bits per heavy atom. The summed E-state index contributed by atoms with van der Waals surface area (Å²) >= 11 is 0. The first-order valence-electron chi connectivity index (χ1n) is 7.63. The van der Waals surface area contributed by atoms with E-state index in [-0.39, 0.29) is 18.5 Å². The Balaban J connectivity index is 1.51. The van der Waals surface area contributed by atoms with Crippen LogP contribution in [0.1, 0.15) is 6.92 Å². The van der Waals surface area contributed by atoms with Gasteiger partial charge in [0.05, 0.1) is 6.61 Å². The average molecular weight is 343 g/mol. The Hall–Kier alpha value is -3.36. The van der Waals surface area contributed by atoms with Crippen LogP contribution >= 0.6 is 0 Å². The number of carbonyl (C=O) groups excluding carboxylic acids is 1. The molecule has 0 saturated heterocycles. The van der Waals surface area contributed by atoms with E-state index in [1.165, 1.54) is 0 Å². The van der Waals surface area contributed by atoms with Crippen molar-refractivity contribution in [3.05, 3.63) is 36.5 Å². The molecule has 2 heterocycles. The molecule has 9 heteroatoms. The van der Waals surface area contributed by atoms with Gasteiger partial charge in [-0.1, -0.05) is 5.10 Å². The minimum atomic E-state index is -0.412. The monoisotopic (exact) mass is 343 g/mol. The van der Waals surface area contributed by atoms with Gasteiger partial charge in [0.2, 0.25) is 0 Å². The predicted molar refractivity (Wildman–Crippen MR) is 88.2 cm³/mol. The fourth-order valence-corrected chi connectivity index (χ4v) is 2.01. The molecule has 3 rings (SSSR count). The molecule has 0 spiro atoms. The van der Waals surface area contributed by atoms with Crippen LogP contribution in [0.5, 0.6) is 11.5 Å². The van der Waals surface area contributed by atoms with Crippen LogP contribution in [0.15, 0.2) is 40.9 Å². The quantitative estimate of drug-likeness (QED) is 0.698. The molecule has 0 fully saturated rings. The number of rotatable bonds is 7. The Kier molecular flexibility index (Phi) is 4.93. The number of carbonyl (C=O) groups is 1. The maximum Gasteiger partial charge on any atom is 0.322 e. The third kappa shape index (κ3) is 4.34. The molecule has 25 heavy (non-hydrogen) atoms. The number of hydrogen-bond donors (Lipinski definition) is 1. The standard InChI is InChI=1S/C16H17N5O4/c1-3-23-11-4-6-12(7-5-11)24-10-14(22)17-16-19-18-15(25-16)13-8-9-21(2)20-13/h4-9H,3,10H2,1-2H3,(H,17,19,22). The molecule has 0 saturated carbocycles. The second-order valence-corrected chi connectivity index (χ2v) is 5.03. The van der Waals surface area contributed by atoms with Gasteiger partial charge in [-0.3, -0.25) is 14.8 Å². The summed E-state index contributed by atoms with van der Waals surface area (Å²) in [6.07, 6.45) is 1.75. The number of hydrogen-bond acceptors (Lipinski definition) is 7. The highest BCUT2D eigenvalue weighted by atomic mass is 16.5. The summed E-state index contributed by atoms with van der Waals surface area (Å²) in [7, 11) is 1.78. The van der Waals surface area contributed by atoms with Crippen molar-refractivity contribution in [1.29, 1.82) is 0 Å². The molecule has 0 aliphatic carbocycles. The molecule has 1 N–H and O–H groups in total. The van der Waals surface area contributed by atoms with Gasteiger partial charge < -0.3 is 13.9 Å². The molecule has 0 radical (unpaired) electrons. The number of nitrogens with one attached hydrogen (secondary N) is 1. The number of anilines is 1. The van der Waals surface area contributed by atoms with Crippen LogP contribution < -0.4 is 14.8 Å². The predicted octanol–water partition coefficient (Wildman–Crippen LogP) is 1.89. The zero-order chi connectivity index (χ0) is 17.6. The summed E-state index contributed by atoms with van der Waals surface area (Å²) in [5.74, 6) is 1.11. The molecule has 0 bridgehead atoms. The van der Waals surface area contributed by atoms with Gasteiger partial charge in [0.25, 0.3) is 11.8 Å². The Bertz CT molecular complexity index is 840. The smallest absolute Gasteiger partial charge is 0.322 e. The molecule has 0 aliphatic rings. The topological polar surface area (TPSA) is 104 Å². The molecule has 2 aromatic heterocycles. The van der Waals surface area contributed by atoms with Crippen molar-refractivity contribution >= 4 is 11.9 Å². The van der Waals surface area contributed by atoms with E-state index in [2.05, 4.69) is 20.6 Å². The first kappa shape index (κ1) is 16.5. The zero-order valence-electron chi connectivity index (χ0n) is 13.8. The minimum absolute atomic E-state index is 0.0130. The van der Waals surface area contributed by atoms with Crippen LogP contribution in [-0.2, 0) is 11.8 Å². The Labute approximate surface area is 143 Å². The minimum Gasteiger partial charge on any atom is -0.494 e. The van der Waals surface area contributed by atoms with Gasteiger partial charge in [0.15, 0.2) is 6.61 Å². The zero-order valence-corrected chi connectivity index (χ0v) is 13.8. The summed E-state index contributed by atoms with van der Waals surface area (Å²) < 4.78 is 17.7. The van der Waals surface area contributed by atoms with Crippen molar-refractivity contribution in [3.8, 4) is 23.1 Å². The van der Waals surface area contributed by atoms with E-state index in [0.717, 1.165) is 5.75 Å². The van der Waals surface area contributed by atoms with Gasteiger partial charge >= 0.3 is 6.01 Å². The highest BCUT2D eigenvalue weighted by Gasteiger charge is 2.13. The number of aryl methyl sites for hydroxylation is 1. The molecule has 3 aromatic rings. The first-order valence-corrected chi connectivity index (χ1v) is 7.63. The highest BCUT2D eigenvalue weighted by Crippen LogP contribution is 2.18. The van der Waals surface area contributed by atoms with Crippen LogP contribution in [0.25, 0.3) is 11.6 Å². The molecule has 0 atom stereocenters. The Morgan fingerprint density at radius 2 is 1.88 bits per heavy atom. The fraction of sp³-hybridized carbons (Fsp3) is 0.250. The van der Waals surface area contributed by atoms with Gasteiger partial charge in [0, 0.05) is 13.2 Å². The van der Waals surface area contributed by atoms with Crippen molar-refractivity contribution in [2.75, 3.05) is 18.5 Å². The lowest BCUT2D eigenvalue weighted by Gasteiger charge is -2.07. The normalized spacial score (nSPS) is 10.5. The molecular weight excluding hydrogens is 326 g/mol. The lowest BCUT2D eigenvalue weighted by molar-refractivity contribution is -0.118. The largest absolute Gasteiger partial charge is 0.494 e. The summed E-state index contributed by atoms with van der Waals surface area (Å²) in [5.41, 5.74) is 0.529. The van der Waals surface area contributed by atoms with Gasteiger partial charge in [-0.15, -0.1) is 5.10 Å². The van der Waals surface area contributed by atoms with Crippen LogP contribution in [0.3, 0.4) is 0 Å². The maximum absolute atomic E-state index is 11.9. The summed E-state index contributed by atoms with van der Waals surface area (Å²) in [4.78, 5) is 11.9. The van der Waals surface area contributed by atoms with Crippen LogP contribution in [0, 0.1) is 0 Å². The molecule has 9 nitrogen and oxygen atoms in total. The van der Waals surface area contributed by atoms with E-state index in [1.807, 2.05) is 6.92 Å². The number of aromatic nitrogens is 4. The van der Waals surface area contributed by atoms with Crippen LogP contribution in [0.4, 0.5) is 6.01 Å². The first-order chi connectivity index (χ1) is 12.1. The van der Waals surface area contributed by atoms with E-state index in [0.29, 0.717) is 18.1 Å². The third-order valence-electron chi connectivity index (χ3n) is 3.11. The SMILES string of the molecule is CCOc1ccc(OCC(=O)Nc2nnc(-c3ccn(C)n3)o2)cc1. The van der Waals surface area contributed by atoms with E-state index in [4.69, 9.17) is 13.9 Å². The summed E-state index contributed by atoms with van der Waals surface area (Å²) in [6.45, 7) is 2.31. The van der Waals surface area contributed by atoms with Crippen molar-refractivity contribution in [3.63, 3.8) is 0 Å². The number of benzene rings is 1. The molecule has 1 aromatic carbocycles. The molecule has 1 amide bonds. The van der Waals surface area contributed by atoms with Crippen molar-refractivity contribution < 1.29 is 18.7 Å². The van der Waals surface area contributed by atoms with Crippen molar-refractivity contribution in [2.45, 2.75) is 6.92 Å². The lowest BCUT2D eigenvalue weighted by atomic mass is 10.3. The summed E-state index contributed by atoms with van der Waals surface area (Å²) in [5, 5.41) is 14.2. The van der Waals surface area contributed by atoms with Gasteiger partial charge in [-0.05, 0) is 37.3 Å². The molecular formula is C16H17N5O4. The van der Waals surface area contributed by atoms with Gasteiger partial charge in [0.1, 0.15) is 17.2 Å². The van der Waals surface area contributed by atoms with Crippen molar-refractivity contribution in [2.24, 2.45) is 7.05 Å². The Morgan fingerprint density at radius 3 is 2.52 bits per heavy atom. The molecule has 0 aliphatic heterocycles. The number of amides is 1. The van der Waals surface area contributed by atoms with Crippen molar-refractivity contribution in [1.82, 2.24) is 20.0 Å². The lowest BCUT2D eigenvalue weighted by Crippen LogP contribution is -2.20. The second kappa shape index (κ2) is 7.47. The van der Waals surface area contributed by atoms with Crippen LogP contribution in [0.2, 0.25) is 0 Å². The third-order valence-corrected chi connectivity index (χ3v) is 3.11. The van der Waals surface area contributed by atoms with E-state index in [9.17, 15) is 4.79 Å². The van der Waals surface area contributed by atoms with Gasteiger partial charge in [-0.2, -0.15) is 5.10 Å². The fourth-order valence-electron chi connectivity index (χ4n) is 2.01. The number of nitrogens with zero attached hydrogens (tertiary/aromatic N) is 4. The second-order valence-electron chi connectivity index (χ2n) is 5.03. The molecule has 0 unspecified atom stereocenters. The summed E-state index contributed by atoms with van der Waals surface area (Å²) in [6, 6.07) is 8.71. The van der Waals surface area contributed by atoms with E-state index < -0.39 is 5.91 Å². The van der Waals surface area contributed by atoms with Crippen LogP contribution in [-0.4, -0.2) is 39.1 Å². The van der Waals surface area contributed by atoms with Gasteiger partial charge in [-0.25, -0.2) is 0 Å². The number of ether oxygens (including phenoxy) is 2. The average Bonchev–Trinajstić information content (AvgIpc) is 3.23. The van der Waals surface area contributed by atoms with E-state index in [1.54, 1.807) is 48.3 Å². The molecule has 130 valence electrons. The maximum atomic E-state index is 11.9. The van der Waals surface area contributed by atoms with E-state index >= 15 is 0 Å². The highest BCUT2D eigenvalue weighted by molar-refractivity contribution is 5.89.